The lowest BCUT2D eigenvalue weighted by atomic mass is 9.95. The van der Waals surface area contributed by atoms with E-state index in [1.165, 1.54) is 16.4 Å². The van der Waals surface area contributed by atoms with Crippen LogP contribution in [0.2, 0.25) is 0 Å². The molecule has 0 radical (unpaired) electrons. The van der Waals surface area contributed by atoms with Gasteiger partial charge in [0.25, 0.3) is 0 Å². The van der Waals surface area contributed by atoms with Gasteiger partial charge in [0.1, 0.15) is 17.7 Å². The highest BCUT2D eigenvalue weighted by Gasteiger charge is 2.41. The Labute approximate surface area is 224 Å². The van der Waals surface area contributed by atoms with E-state index in [9.17, 15) is 18.0 Å². The Morgan fingerprint density at radius 1 is 1.13 bits per heavy atom. The summed E-state index contributed by atoms with van der Waals surface area (Å²) < 4.78 is 34.2. The zero-order chi connectivity index (χ0) is 28.1. The molecule has 1 aliphatic rings. The van der Waals surface area contributed by atoms with E-state index in [2.05, 4.69) is 10.6 Å². The quantitative estimate of drug-likeness (QED) is 0.164. The summed E-state index contributed by atoms with van der Waals surface area (Å²) in [5.41, 5.74) is 7.18. The monoisotopic (exact) mass is 543 g/mol. The van der Waals surface area contributed by atoms with Gasteiger partial charge in [-0.3, -0.25) is 10.2 Å². The molecule has 5 N–H and O–H groups in total. The first-order chi connectivity index (χ1) is 17.8. The number of fused-ring (bicyclic) bond motifs is 1. The molecule has 11 heteroatoms. The standard InChI is InChI=1S/C27H37N5O5S/c1-18-11-13-21(14-12-18)38(35,36)32-17-20-9-6-5-8-19(20)16-23(32)24(33)31-22(10-7-15-30-26(28)29)25(34)37-27(2,3)4/h5-6,8-9,11-14,22-23H,7,10,15-17H2,1-4H3,(H,31,33)(H4,28,29,30). The molecule has 2 unspecified atom stereocenters. The highest BCUT2D eigenvalue weighted by Crippen LogP contribution is 2.29. The first-order valence-electron chi connectivity index (χ1n) is 12.5. The van der Waals surface area contributed by atoms with E-state index < -0.39 is 39.6 Å². The van der Waals surface area contributed by atoms with Crippen LogP contribution in [0.1, 0.15) is 50.3 Å². The maximum Gasteiger partial charge on any atom is 0.329 e. The van der Waals surface area contributed by atoms with E-state index in [1.54, 1.807) is 32.9 Å². The number of rotatable bonds is 9. The Bertz CT molecular complexity index is 1270. The summed E-state index contributed by atoms with van der Waals surface area (Å²) in [4.78, 5) is 26.8. The third-order valence-corrected chi connectivity index (χ3v) is 8.00. The van der Waals surface area contributed by atoms with E-state index in [4.69, 9.17) is 15.9 Å². The number of ether oxygens (including phenoxy) is 1. The van der Waals surface area contributed by atoms with Gasteiger partial charge in [-0.05, 0) is 70.2 Å². The second-order valence-electron chi connectivity index (χ2n) is 10.4. The minimum absolute atomic E-state index is 0.0319. The summed E-state index contributed by atoms with van der Waals surface area (Å²) in [6, 6.07) is 11.9. The summed E-state index contributed by atoms with van der Waals surface area (Å²) in [5.74, 6) is -1.39. The molecule has 0 saturated heterocycles. The van der Waals surface area contributed by atoms with Crippen molar-refractivity contribution in [2.24, 2.45) is 5.73 Å². The number of hydrogen-bond acceptors (Lipinski definition) is 6. The average Bonchev–Trinajstić information content (AvgIpc) is 2.84. The van der Waals surface area contributed by atoms with Crippen LogP contribution in [0.4, 0.5) is 0 Å². The van der Waals surface area contributed by atoms with Crippen molar-refractivity contribution in [1.29, 1.82) is 5.41 Å². The zero-order valence-electron chi connectivity index (χ0n) is 22.3. The van der Waals surface area contributed by atoms with E-state index >= 15 is 0 Å². The van der Waals surface area contributed by atoms with Gasteiger partial charge in [-0.25, -0.2) is 13.2 Å². The van der Waals surface area contributed by atoms with Gasteiger partial charge >= 0.3 is 5.97 Å². The fourth-order valence-electron chi connectivity index (χ4n) is 4.24. The topological polar surface area (TPSA) is 155 Å². The van der Waals surface area contributed by atoms with Crippen LogP contribution in [0.3, 0.4) is 0 Å². The number of carbonyl (C=O) groups excluding carboxylic acids is 2. The van der Waals surface area contributed by atoms with E-state index in [1.807, 2.05) is 31.2 Å². The molecule has 0 bridgehead atoms. The average molecular weight is 544 g/mol. The third kappa shape index (κ3) is 7.55. The van der Waals surface area contributed by atoms with Crippen molar-refractivity contribution in [3.8, 4) is 0 Å². The molecule has 10 nitrogen and oxygen atoms in total. The molecule has 0 saturated carbocycles. The number of guanidine groups is 1. The van der Waals surface area contributed by atoms with Crippen LogP contribution in [-0.4, -0.2) is 54.8 Å². The smallest absolute Gasteiger partial charge is 0.329 e. The first kappa shape index (κ1) is 29.1. The van der Waals surface area contributed by atoms with Crippen molar-refractivity contribution in [2.45, 2.75) is 76.1 Å². The van der Waals surface area contributed by atoms with Gasteiger partial charge in [-0.1, -0.05) is 42.0 Å². The van der Waals surface area contributed by atoms with E-state index in [0.717, 1.165) is 16.7 Å². The summed E-state index contributed by atoms with van der Waals surface area (Å²) in [7, 11) is -4.02. The predicted molar refractivity (Wildman–Crippen MR) is 145 cm³/mol. The van der Waals surface area contributed by atoms with Crippen LogP contribution in [0.5, 0.6) is 0 Å². The lowest BCUT2D eigenvalue weighted by Gasteiger charge is -2.36. The van der Waals surface area contributed by atoms with Gasteiger partial charge < -0.3 is 21.1 Å². The number of amides is 1. The number of nitrogens with zero attached hydrogens (tertiary/aromatic N) is 1. The van der Waals surface area contributed by atoms with Crippen LogP contribution in [0.15, 0.2) is 53.4 Å². The normalized spacial score (nSPS) is 16.7. The zero-order valence-corrected chi connectivity index (χ0v) is 23.1. The molecule has 0 fully saturated rings. The lowest BCUT2D eigenvalue weighted by molar-refractivity contribution is -0.159. The van der Waals surface area contributed by atoms with Crippen molar-refractivity contribution in [3.05, 3.63) is 65.2 Å². The molecule has 2 aromatic rings. The molecule has 0 aromatic heterocycles. The van der Waals surface area contributed by atoms with Crippen LogP contribution in [-0.2, 0) is 37.3 Å². The number of esters is 1. The Hall–Kier alpha value is -3.44. The van der Waals surface area contributed by atoms with Crippen LogP contribution >= 0.6 is 0 Å². The summed E-state index contributed by atoms with van der Waals surface area (Å²) in [6.07, 6.45) is 0.803. The number of sulfonamides is 1. The first-order valence-corrected chi connectivity index (χ1v) is 14.0. The number of nitrogens with one attached hydrogen (secondary N) is 3. The van der Waals surface area contributed by atoms with Crippen molar-refractivity contribution in [1.82, 2.24) is 14.9 Å². The SMILES string of the molecule is Cc1ccc(S(=O)(=O)N2Cc3ccccc3CC2C(=O)NC(CCCNC(=N)N)C(=O)OC(C)(C)C)cc1. The highest BCUT2D eigenvalue weighted by molar-refractivity contribution is 7.89. The van der Waals surface area contributed by atoms with Crippen LogP contribution < -0.4 is 16.4 Å². The molecule has 0 aliphatic carbocycles. The second kappa shape index (κ2) is 12.0. The molecule has 2 aromatic carbocycles. The van der Waals surface area contributed by atoms with Crippen molar-refractivity contribution in [2.75, 3.05) is 6.54 Å². The van der Waals surface area contributed by atoms with Gasteiger partial charge in [-0.2, -0.15) is 4.31 Å². The Kier molecular flexibility index (Phi) is 9.16. The third-order valence-electron chi connectivity index (χ3n) is 6.13. The summed E-state index contributed by atoms with van der Waals surface area (Å²) in [6.45, 7) is 7.42. The molecule has 206 valence electrons. The fraction of sp³-hybridized carbons (Fsp3) is 0.444. The molecular weight excluding hydrogens is 506 g/mol. The van der Waals surface area contributed by atoms with Gasteiger partial charge in [0.2, 0.25) is 15.9 Å². The predicted octanol–water partition coefficient (Wildman–Crippen LogP) is 2.20. The Morgan fingerprint density at radius 2 is 1.76 bits per heavy atom. The molecule has 1 aliphatic heterocycles. The van der Waals surface area contributed by atoms with Crippen LogP contribution in [0.25, 0.3) is 0 Å². The molecule has 1 amide bonds. The highest BCUT2D eigenvalue weighted by atomic mass is 32.2. The minimum atomic E-state index is -4.02. The number of nitrogens with two attached hydrogens (primary N) is 1. The minimum Gasteiger partial charge on any atom is -0.458 e. The van der Waals surface area contributed by atoms with Gasteiger partial charge in [0.05, 0.1) is 4.90 Å². The van der Waals surface area contributed by atoms with E-state index in [0.29, 0.717) is 13.0 Å². The van der Waals surface area contributed by atoms with Gasteiger partial charge in [0.15, 0.2) is 5.96 Å². The lowest BCUT2D eigenvalue weighted by Crippen LogP contribution is -2.56. The number of benzene rings is 2. The van der Waals surface area contributed by atoms with Gasteiger partial charge in [0, 0.05) is 13.1 Å². The number of carbonyl (C=O) groups is 2. The van der Waals surface area contributed by atoms with Crippen molar-refractivity contribution in [3.63, 3.8) is 0 Å². The van der Waals surface area contributed by atoms with Crippen molar-refractivity contribution >= 4 is 27.9 Å². The molecular formula is C27H37N5O5S. The maximum atomic E-state index is 13.7. The van der Waals surface area contributed by atoms with Crippen LogP contribution in [0, 0.1) is 12.3 Å². The summed E-state index contributed by atoms with van der Waals surface area (Å²) >= 11 is 0. The largest absolute Gasteiger partial charge is 0.458 e. The molecule has 1 heterocycles. The van der Waals surface area contributed by atoms with Crippen molar-refractivity contribution < 1.29 is 22.7 Å². The fourth-order valence-corrected chi connectivity index (χ4v) is 5.80. The summed E-state index contributed by atoms with van der Waals surface area (Å²) in [5, 5.41) is 12.7. The number of hydrogen-bond donors (Lipinski definition) is 4. The maximum absolute atomic E-state index is 13.7. The molecule has 0 spiro atoms. The second-order valence-corrected chi connectivity index (χ2v) is 12.3. The van der Waals surface area contributed by atoms with E-state index in [-0.39, 0.29) is 30.2 Å². The molecule has 2 atom stereocenters. The van der Waals surface area contributed by atoms with Gasteiger partial charge in [-0.15, -0.1) is 0 Å². The molecule has 38 heavy (non-hydrogen) atoms. The number of aryl methyl sites for hydroxylation is 1. The Balaban J connectivity index is 1.90. The molecule has 3 rings (SSSR count). The Morgan fingerprint density at radius 3 is 2.37 bits per heavy atom.